The van der Waals surface area contributed by atoms with Gasteiger partial charge in [0, 0.05) is 62.5 Å². The molecule has 2 amide bonds. The van der Waals surface area contributed by atoms with Crippen molar-refractivity contribution < 1.29 is 61.6 Å². The van der Waals surface area contributed by atoms with E-state index < -0.39 is 16.8 Å². The van der Waals surface area contributed by atoms with Crippen LogP contribution in [-0.2, 0) is 36.8 Å². The highest BCUT2D eigenvalue weighted by Gasteiger charge is 2.19. The molecule has 0 fully saturated rings. The Morgan fingerprint density at radius 2 is 1.18 bits per heavy atom. The number of amides is 2. The van der Waals surface area contributed by atoms with Gasteiger partial charge in [0.2, 0.25) is 11.8 Å². The summed E-state index contributed by atoms with van der Waals surface area (Å²) in [4.78, 5) is 45.4. The number of azo groups is 1. The third kappa shape index (κ3) is 22.0. The molecule has 19 nitrogen and oxygen atoms in total. The minimum absolute atomic E-state index is 0.00552. The molecule has 4 aromatic carbocycles. The lowest BCUT2D eigenvalue weighted by Crippen LogP contribution is -2.25. The van der Waals surface area contributed by atoms with E-state index in [0.29, 0.717) is 119 Å². The Balaban J connectivity index is 0.752. The van der Waals surface area contributed by atoms with Crippen LogP contribution in [0.5, 0.6) is 17.4 Å². The molecule has 0 bridgehead atoms. The monoisotopic (exact) mass is 1090 g/mol. The molecule has 0 aliphatic carbocycles. The van der Waals surface area contributed by atoms with Crippen LogP contribution >= 0.6 is 10.9 Å². The van der Waals surface area contributed by atoms with Crippen LogP contribution in [0, 0.1) is 0 Å². The zero-order valence-electron chi connectivity index (χ0n) is 43.7. The molecule has 2 heterocycles. The summed E-state index contributed by atoms with van der Waals surface area (Å²) in [5, 5.41) is 23.2. The summed E-state index contributed by atoms with van der Waals surface area (Å²) in [5.74, 6) is 0.660. The largest absolute Gasteiger partial charge is 0.493 e. The lowest BCUT2D eigenvalue weighted by molar-refractivity contribution is -0.137. The van der Waals surface area contributed by atoms with Crippen molar-refractivity contribution in [1.29, 1.82) is 0 Å². The van der Waals surface area contributed by atoms with Crippen molar-refractivity contribution in [3.8, 4) is 39.8 Å². The van der Waals surface area contributed by atoms with Gasteiger partial charge in [0.15, 0.2) is 5.82 Å². The number of pyridine rings is 2. The van der Waals surface area contributed by atoms with E-state index in [2.05, 4.69) is 44.0 Å². The fourth-order valence-electron chi connectivity index (χ4n) is 7.76. The number of benzene rings is 4. The molecule has 20 heteroatoms. The first-order chi connectivity index (χ1) is 38.0. The van der Waals surface area contributed by atoms with Crippen molar-refractivity contribution in [1.82, 2.24) is 20.6 Å². The van der Waals surface area contributed by atoms with Crippen molar-refractivity contribution in [3.63, 3.8) is 0 Å². The molecule has 78 heavy (non-hydrogen) atoms. The number of hydrogen-bond donors (Lipinski definition) is 6. The summed E-state index contributed by atoms with van der Waals surface area (Å²) >= 11 is 0. The average Bonchev–Trinajstić information content (AvgIpc) is 3.45. The van der Waals surface area contributed by atoms with Crippen molar-refractivity contribution in [2.24, 2.45) is 10.2 Å². The second-order valence-electron chi connectivity index (χ2n) is 17.7. The van der Waals surface area contributed by atoms with E-state index in [9.17, 15) is 33.1 Å². The molecule has 6 rings (SSSR count). The van der Waals surface area contributed by atoms with Gasteiger partial charge in [-0.3, -0.25) is 14.4 Å². The number of unbranched alkanes of at least 4 members (excludes halogenated alkanes) is 2. The third-order valence-electron chi connectivity index (χ3n) is 11.7. The van der Waals surface area contributed by atoms with E-state index in [1.165, 1.54) is 18.3 Å². The number of hydrogen-bond acceptors (Lipinski definition) is 16. The Kier molecular flexibility index (Phi) is 25.9. The number of nitrogens with zero attached hydrogens (tertiary/aromatic N) is 4. The summed E-state index contributed by atoms with van der Waals surface area (Å²) in [6.07, 6.45) is 5.97. The summed E-state index contributed by atoms with van der Waals surface area (Å²) in [6, 6.07) is 39.1. The highest BCUT2D eigenvalue weighted by atomic mass is 32.3. The maximum Gasteiger partial charge on any atom is 0.303 e. The Labute approximate surface area is 456 Å². The highest BCUT2D eigenvalue weighted by molar-refractivity contribution is 8.19. The normalized spacial score (nSPS) is 11.6. The highest BCUT2D eigenvalue weighted by Crippen LogP contribution is 2.45. The number of carbonyl (C=O) groups is 3. The smallest absolute Gasteiger partial charge is 0.303 e. The standard InChI is InChI=1S/C58H70N6O13S/c65-55(59-29-14-31-72-36-38-74-39-37-73-32-15-30-60-58(68)47-25-27-54(61-42-47)64-62-43-46-20-8-9-23-53(46)78(69,70)71)24-13-35-76-52-22-12-21-51(49(52)26-28-57(66)67)75-33-10-3-11-34-77-56-41-48(44-16-4-1-5-17-44)40-50(63-56)45-18-6-2-7-19-45/h1-2,4-9,12,16-23,25,27,40-42,69-71H,3,10-11,13-15,24,26,28-39,43H2,(H,59,65)(H,60,68)(H,66,67). The molecule has 0 atom stereocenters. The Morgan fingerprint density at radius 1 is 0.564 bits per heavy atom. The van der Waals surface area contributed by atoms with E-state index in [1.54, 1.807) is 30.3 Å². The van der Waals surface area contributed by atoms with Crippen LogP contribution in [0.15, 0.2) is 149 Å². The van der Waals surface area contributed by atoms with Crippen LogP contribution in [0.4, 0.5) is 5.82 Å². The number of aliphatic carboxylic acids is 1. The van der Waals surface area contributed by atoms with Gasteiger partial charge < -0.3 is 57.8 Å². The molecule has 6 N–H and O–H groups in total. The molecular formula is C58H70N6O13S. The average molecular weight is 1090 g/mol. The first-order valence-corrected chi connectivity index (χ1v) is 27.6. The fourth-order valence-corrected chi connectivity index (χ4v) is 8.50. The van der Waals surface area contributed by atoms with Gasteiger partial charge in [-0.2, -0.15) is 5.11 Å². The van der Waals surface area contributed by atoms with Crippen LogP contribution in [-0.4, -0.2) is 119 Å². The van der Waals surface area contributed by atoms with Crippen molar-refractivity contribution in [2.75, 3.05) is 72.6 Å². The van der Waals surface area contributed by atoms with Crippen molar-refractivity contribution in [3.05, 3.63) is 150 Å². The minimum atomic E-state index is -3.89. The van der Waals surface area contributed by atoms with Crippen LogP contribution in [0.3, 0.4) is 0 Å². The molecule has 0 spiro atoms. The number of aromatic nitrogens is 2. The van der Waals surface area contributed by atoms with E-state index in [4.69, 9.17) is 33.4 Å². The van der Waals surface area contributed by atoms with E-state index in [1.807, 2.05) is 66.7 Å². The molecule has 0 saturated heterocycles. The zero-order chi connectivity index (χ0) is 55.1. The maximum absolute atomic E-state index is 12.5. The number of carboxylic acid groups (broad SMARTS) is 1. The number of ether oxygens (including phenoxy) is 6. The Morgan fingerprint density at radius 3 is 1.83 bits per heavy atom. The number of carboxylic acids is 1. The van der Waals surface area contributed by atoms with E-state index >= 15 is 0 Å². The SMILES string of the molecule is O=C(O)CCc1c(OCCCCCOc2cc(-c3ccccc3)cc(-c3ccccc3)n2)cccc1OCCCC(=O)NCCCOCCOCCOCCCNC(=O)c1ccc(N=NCc2ccccc2S(O)(O)O)nc1. The van der Waals surface area contributed by atoms with Gasteiger partial charge in [-0.1, -0.05) is 84.9 Å². The molecular weight excluding hydrogens is 1020 g/mol. The second-order valence-corrected chi connectivity index (χ2v) is 19.2. The molecule has 0 unspecified atom stereocenters. The molecule has 0 saturated carbocycles. The quantitative estimate of drug-likeness (QED) is 0.0157. The summed E-state index contributed by atoms with van der Waals surface area (Å²) < 4.78 is 63.9. The minimum Gasteiger partial charge on any atom is -0.493 e. The zero-order valence-corrected chi connectivity index (χ0v) is 44.5. The van der Waals surface area contributed by atoms with E-state index in [0.717, 1.165) is 41.6 Å². The van der Waals surface area contributed by atoms with Crippen molar-refractivity contribution >= 4 is 34.5 Å². The molecule has 0 aliphatic heterocycles. The fraction of sp³-hybridized carbons (Fsp3) is 0.362. The lowest BCUT2D eigenvalue weighted by Gasteiger charge is -2.21. The van der Waals surface area contributed by atoms with Gasteiger partial charge >= 0.3 is 5.97 Å². The number of nitrogens with one attached hydrogen (secondary N) is 2. The molecule has 416 valence electrons. The van der Waals surface area contributed by atoms with E-state index in [-0.39, 0.29) is 54.9 Å². The lowest BCUT2D eigenvalue weighted by atomic mass is 10.0. The summed E-state index contributed by atoms with van der Waals surface area (Å²) in [6.45, 7) is 4.58. The maximum atomic E-state index is 12.5. The van der Waals surface area contributed by atoms with Gasteiger partial charge in [-0.05, 0) is 98.0 Å². The Bertz CT molecular complexity index is 2710. The van der Waals surface area contributed by atoms with Crippen LogP contribution in [0.2, 0.25) is 0 Å². The second kappa shape index (κ2) is 33.8. The molecule has 0 radical (unpaired) electrons. The van der Waals surface area contributed by atoms with Gasteiger partial charge in [-0.25, -0.2) is 9.97 Å². The predicted octanol–water partition coefficient (Wildman–Crippen LogP) is 10.9. The van der Waals surface area contributed by atoms with Crippen LogP contribution < -0.4 is 24.8 Å². The number of rotatable bonds is 37. The molecule has 0 aliphatic rings. The van der Waals surface area contributed by atoms with Gasteiger partial charge in [-0.15, -0.1) is 5.11 Å². The third-order valence-corrected chi connectivity index (χ3v) is 12.7. The molecule has 6 aromatic rings. The number of carbonyl (C=O) groups excluding carboxylic acids is 2. The summed E-state index contributed by atoms with van der Waals surface area (Å²) in [5.41, 5.74) is 5.44. The first-order valence-electron chi connectivity index (χ1n) is 26.1. The first kappa shape index (κ1) is 59.9. The summed E-state index contributed by atoms with van der Waals surface area (Å²) in [7, 11) is -3.89. The van der Waals surface area contributed by atoms with Crippen LogP contribution in [0.1, 0.15) is 72.9 Å². The Hall–Kier alpha value is -7.30. The molecule has 2 aromatic heterocycles. The van der Waals surface area contributed by atoms with Crippen LogP contribution in [0.25, 0.3) is 22.4 Å². The van der Waals surface area contributed by atoms with Gasteiger partial charge in [0.25, 0.3) is 5.91 Å². The van der Waals surface area contributed by atoms with Crippen molar-refractivity contribution in [2.45, 2.75) is 69.2 Å². The van der Waals surface area contributed by atoms with Gasteiger partial charge in [0.05, 0.1) is 68.9 Å². The van der Waals surface area contributed by atoms with Gasteiger partial charge in [0.1, 0.15) is 22.4 Å². The predicted molar refractivity (Wildman–Crippen MR) is 297 cm³/mol. The topological polar surface area (TPSA) is 262 Å².